The van der Waals surface area contributed by atoms with Crippen molar-refractivity contribution in [1.82, 2.24) is 4.90 Å². The highest BCUT2D eigenvalue weighted by Crippen LogP contribution is 2.21. The van der Waals surface area contributed by atoms with Crippen molar-refractivity contribution >= 4 is 17.7 Å². The number of carbonyl (C=O) groups excluding carboxylic acids is 3. The minimum atomic E-state index is -1.26. The third kappa shape index (κ3) is 5.31. The van der Waals surface area contributed by atoms with Crippen LogP contribution in [0.3, 0.4) is 0 Å². The van der Waals surface area contributed by atoms with Gasteiger partial charge in [0.2, 0.25) is 0 Å². The van der Waals surface area contributed by atoms with Crippen molar-refractivity contribution in [1.29, 1.82) is 0 Å². The Labute approximate surface area is 170 Å². The number of esters is 1. The number of rotatable bonds is 6. The number of hydrogen-bond donors (Lipinski definition) is 1. The zero-order chi connectivity index (χ0) is 21.4. The molecule has 150 valence electrons. The fraction of sp³-hybridized carbons (Fsp3) is 0.261. The zero-order valence-electron chi connectivity index (χ0n) is 16.6. The van der Waals surface area contributed by atoms with Crippen LogP contribution in [0.1, 0.15) is 29.3 Å². The molecule has 0 aliphatic rings. The highest BCUT2D eigenvalue weighted by atomic mass is 16.5. The van der Waals surface area contributed by atoms with Crippen LogP contribution in [0.25, 0.3) is 11.1 Å². The van der Waals surface area contributed by atoms with Gasteiger partial charge in [-0.1, -0.05) is 43.0 Å². The third-order valence-electron chi connectivity index (χ3n) is 4.45. The molecule has 0 saturated carbocycles. The van der Waals surface area contributed by atoms with Crippen LogP contribution >= 0.6 is 0 Å². The molecule has 0 aliphatic carbocycles. The highest BCUT2D eigenvalue weighted by Gasteiger charge is 2.33. The number of aliphatic hydroxyl groups is 1. The summed E-state index contributed by atoms with van der Waals surface area (Å²) < 4.78 is 4.68. The van der Waals surface area contributed by atoms with E-state index in [-0.39, 0.29) is 18.8 Å². The first-order valence-electron chi connectivity index (χ1n) is 9.10. The smallest absolute Gasteiger partial charge is 0.336 e. The number of likely N-dealkylation sites (N-methyl/N-ethyl adjacent to an activating group) is 1. The number of methoxy groups -OCH3 is 1. The number of nitrogens with zero attached hydrogens (tertiary/aromatic N) is 1. The molecule has 1 unspecified atom stereocenters. The first-order valence-corrected chi connectivity index (χ1v) is 9.10. The van der Waals surface area contributed by atoms with Gasteiger partial charge in [0.15, 0.2) is 11.8 Å². The maximum Gasteiger partial charge on any atom is 0.336 e. The monoisotopic (exact) mass is 393 g/mol. The van der Waals surface area contributed by atoms with Gasteiger partial charge in [0.1, 0.15) is 6.61 Å². The summed E-state index contributed by atoms with van der Waals surface area (Å²) in [5, 5.41) is 8.74. The number of ether oxygens (including phenoxy) is 1. The molecule has 1 atom stereocenters. The SMILES string of the molecule is CCC(=O)C(C(=O)OC)N(C)C(=O)c1ccc(-c2ccc(C#CCO)cc2)cc1. The predicted octanol–water partition coefficient (Wildman–Crippen LogP) is 2.29. The average molecular weight is 393 g/mol. The van der Waals surface area contributed by atoms with Gasteiger partial charge in [0.25, 0.3) is 5.91 Å². The lowest BCUT2D eigenvalue weighted by molar-refractivity contribution is -0.149. The Morgan fingerprint density at radius 1 is 1.03 bits per heavy atom. The fourth-order valence-corrected chi connectivity index (χ4v) is 2.82. The number of ketones is 1. The van der Waals surface area contributed by atoms with Crippen molar-refractivity contribution in [3.8, 4) is 23.0 Å². The van der Waals surface area contributed by atoms with Crippen LogP contribution < -0.4 is 0 Å². The molecule has 2 aromatic carbocycles. The van der Waals surface area contributed by atoms with E-state index in [1.807, 2.05) is 24.3 Å². The second-order valence-electron chi connectivity index (χ2n) is 6.28. The largest absolute Gasteiger partial charge is 0.467 e. The molecule has 1 amide bonds. The van der Waals surface area contributed by atoms with E-state index in [1.165, 1.54) is 14.2 Å². The Morgan fingerprint density at radius 3 is 2.07 bits per heavy atom. The predicted molar refractivity (Wildman–Crippen MR) is 109 cm³/mol. The van der Waals surface area contributed by atoms with Crippen LogP contribution in [0.15, 0.2) is 48.5 Å². The first kappa shape index (κ1) is 21.9. The Morgan fingerprint density at radius 2 is 1.59 bits per heavy atom. The summed E-state index contributed by atoms with van der Waals surface area (Å²) in [6.45, 7) is 1.44. The van der Waals surface area contributed by atoms with Crippen molar-refractivity contribution < 1.29 is 24.2 Å². The summed E-state index contributed by atoms with van der Waals surface area (Å²) in [5.74, 6) is 3.85. The van der Waals surface area contributed by atoms with Crippen molar-refractivity contribution in [2.24, 2.45) is 0 Å². The summed E-state index contributed by atoms with van der Waals surface area (Å²) in [6, 6.07) is 13.1. The van der Waals surface area contributed by atoms with Gasteiger partial charge in [0.05, 0.1) is 7.11 Å². The van der Waals surface area contributed by atoms with Gasteiger partial charge in [-0.3, -0.25) is 9.59 Å². The van der Waals surface area contributed by atoms with Crippen molar-refractivity contribution in [2.75, 3.05) is 20.8 Å². The van der Waals surface area contributed by atoms with E-state index in [0.717, 1.165) is 21.6 Å². The van der Waals surface area contributed by atoms with Gasteiger partial charge in [-0.2, -0.15) is 0 Å². The van der Waals surface area contributed by atoms with Crippen LogP contribution in [0.5, 0.6) is 0 Å². The molecule has 0 bridgehead atoms. The summed E-state index contributed by atoms with van der Waals surface area (Å²) in [4.78, 5) is 37.9. The molecule has 6 heteroatoms. The van der Waals surface area contributed by atoms with Gasteiger partial charge in [-0.05, 0) is 35.4 Å². The van der Waals surface area contributed by atoms with Gasteiger partial charge >= 0.3 is 5.97 Å². The summed E-state index contributed by atoms with van der Waals surface area (Å²) >= 11 is 0. The molecule has 0 aromatic heterocycles. The van der Waals surface area contributed by atoms with E-state index < -0.39 is 17.9 Å². The van der Waals surface area contributed by atoms with Crippen molar-refractivity contribution in [3.05, 3.63) is 59.7 Å². The minimum Gasteiger partial charge on any atom is -0.467 e. The maximum absolute atomic E-state index is 12.8. The molecule has 6 nitrogen and oxygen atoms in total. The molecule has 0 heterocycles. The molecular weight excluding hydrogens is 370 g/mol. The number of amides is 1. The Balaban J connectivity index is 2.21. The molecule has 1 N–H and O–H groups in total. The molecule has 2 aromatic rings. The van der Waals surface area contributed by atoms with E-state index in [2.05, 4.69) is 16.6 Å². The summed E-state index contributed by atoms with van der Waals surface area (Å²) in [7, 11) is 2.60. The van der Waals surface area contributed by atoms with E-state index in [0.29, 0.717) is 5.56 Å². The van der Waals surface area contributed by atoms with Crippen LogP contribution in [0.4, 0.5) is 0 Å². The first-order chi connectivity index (χ1) is 13.9. The molecule has 0 aliphatic heterocycles. The molecule has 0 fully saturated rings. The fourth-order valence-electron chi connectivity index (χ4n) is 2.82. The number of aliphatic hydroxyl groups excluding tert-OH is 1. The summed E-state index contributed by atoms with van der Waals surface area (Å²) in [6.07, 6.45) is 0.120. The standard InChI is InChI=1S/C23H23NO5/c1-4-20(26)21(23(28)29-3)24(2)22(27)19-13-11-18(12-14-19)17-9-7-16(8-10-17)6-5-15-25/h7-14,21,25H,4,15H2,1-3H3. The maximum atomic E-state index is 12.8. The minimum absolute atomic E-state index is 0.120. The van der Waals surface area contributed by atoms with Crippen LogP contribution in [-0.2, 0) is 14.3 Å². The van der Waals surface area contributed by atoms with E-state index in [4.69, 9.17) is 5.11 Å². The number of carbonyl (C=O) groups is 3. The third-order valence-corrected chi connectivity index (χ3v) is 4.45. The van der Waals surface area contributed by atoms with E-state index >= 15 is 0 Å². The van der Waals surface area contributed by atoms with Crippen molar-refractivity contribution in [2.45, 2.75) is 19.4 Å². The molecule has 0 radical (unpaired) electrons. The normalized spacial score (nSPS) is 11.0. The molecule has 2 rings (SSSR count). The van der Waals surface area contributed by atoms with Crippen LogP contribution in [0, 0.1) is 11.8 Å². The zero-order valence-corrected chi connectivity index (χ0v) is 16.6. The highest BCUT2D eigenvalue weighted by molar-refractivity contribution is 6.08. The van der Waals surface area contributed by atoms with Crippen LogP contribution in [-0.4, -0.2) is 54.5 Å². The molecular formula is C23H23NO5. The van der Waals surface area contributed by atoms with Gasteiger partial charge in [-0.25, -0.2) is 4.79 Å². The lowest BCUT2D eigenvalue weighted by Crippen LogP contribution is -2.48. The number of benzene rings is 2. The molecule has 0 saturated heterocycles. The topological polar surface area (TPSA) is 83.9 Å². The lowest BCUT2D eigenvalue weighted by Gasteiger charge is -2.24. The van der Waals surface area contributed by atoms with E-state index in [1.54, 1.807) is 31.2 Å². The Hall–Kier alpha value is -3.43. The second kappa shape index (κ2) is 10.2. The molecule has 0 spiro atoms. The van der Waals surface area contributed by atoms with Gasteiger partial charge in [0, 0.05) is 24.6 Å². The Bertz CT molecular complexity index is 920. The van der Waals surface area contributed by atoms with Crippen molar-refractivity contribution in [3.63, 3.8) is 0 Å². The van der Waals surface area contributed by atoms with Crippen LogP contribution in [0.2, 0.25) is 0 Å². The van der Waals surface area contributed by atoms with Gasteiger partial charge in [-0.15, -0.1) is 0 Å². The summed E-state index contributed by atoms with van der Waals surface area (Å²) in [5.41, 5.74) is 3.01. The quantitative estimate of drug-likeness (QED) is 0.463. The number of Topliss-reactive ketones (excluding diaryl/α,β-unsaturated/α-hetero) is 1. The number of hydrogen-bond acceptors (Lipinski definition) is 5. The lowest BCUT2D eigenvalue weighted by atomic mass is 10.0. The molecule has 29 heavy (non-hydrogen) atoms. The average Bonchev–Trinajstić information content (AvgIpc) is 2.77. The van der Waals surface area contributed by atoms with E-state index in [9.17, 15) is 14.4 Å². The van der Waals surface area contributed by atoms with Gasteiger partial charge < -0.3 is 14.7 Å². The second-order valence-corrected chi connectivity index (χ2v) is 6.28. The Kier molecular flexibility index (Phi) is 7.70.